The third-order valence-corrected chi connectivity index (χ3v) is 3.21. The van der Waals surface area contributed by atoms with Crippen LogP contribution in [0.5, 0.6) is 5.75 Å². The zero-order chi connectivity index (χ0) is 15.2. The number of hydrogen-bond acceptors (Lipinski definition) is 2. The molecule has 0 aromatic heterocycles. The first-order chi connectivity index (χ1) is 10.1. The van der Waals surface area contributed by atoms with Crippen LogP contribution in [0.3, 0.4) is 0 Å². The van der Waals surface area contributed by atoms with Crippen molar-refractivity contribution in [1.82, 2.24) is 0 Å². The summed E-state index contributed by atoms with van der Waals surface area (Å²) in [6.07, 6.45) is 0. The maximum Gasteiger partial charge on any atom is 0.128 e. The van der Waals surface area contributed by atoms with Crippen LogP contribution in [0.25, 0.3) is 0 Å². The summed E-state index contributed by atoms with van der Waals surface area (Å²) in [5.74, 6) is 5.37. The summed E-state index contributed by atoms with van der Waals surface area (Å²) in [5.41, 5.74) is 6.52. The summed E-state index contributed by atoms with van der Waals surface area (Å²) < 4.78 is 19.0. The van der Waals surface area contributed by atoms with Crippen molar-refractivity contribution in [3.63, 3.8) is 0 Å². The molecule has 108 valence electrons. The number of ether oxygens (including phenoxy) is 1. The van der Waals surface area contributed by atoms with Crippen LogP contribution in [0.4, 0.5) is 4.39 Å². The molecule has 0 bridgehead atoms. The molecule has 0 aliphatic heterocycles. The second-order valence-corrected chi connectivity index (χ2v) is 5.05. The standard InChI is InChI=1S/C16H12Cl2FNO/c17-13-3-4-16(18)12(8-13)10-21-15-7-11(2-1-5-20)6-14(19)9-15/h3-4,6-9H,5,10,20H2. The van der Waals surface area contributed by atoms with E-state index in [1.165, 1.54) is 12.1 Å². The molecule has 21 heavy (non-hydrogen) atoms. The first-order valence-corrected chi connectivity index (χ1v) is 6.90. The molecule has 0 unspecified atom stereocenters. The Bertz CT molecular complexity index is 707. The SMILES string of the molecule is NCC#Cc1cc(F)cc(OCc2cc(Cl)ccc2Cl)c1. The van der Waals surface area contributed by atoms with E-state index in [9.17, 15) is 4.39 Å². The fourth-order valence-corrected chi connectivity index (χ4v) is 2.05. The predicted molar refractivity (Wildman–Crippen MR) is 83.1 cm³/mol. The van der Waals surface area contributed by atoms with Crippen LogP contribution < -0.4 is 10.5 Å². The van der Waals surface area contributed by atoms with E-state index in [4.69, 9.17) is 33.7 Å². The Morgan fingerprint density at radius 3 is 2.71 bits per heavy atom. The smallest absolute Gasteiger partial charge is 0.128 e. The van der Waals surface area contributed by atoms with Crippen LogP contribution >= 0.6 is 23.2 Å². The molecule has 5 heteroatoms. The Kier molecular flexibility index (Phi) is 5.46. The normalized spacial score (nSPS) is 9.90. The summed E-state index contributed by atoms with van der Waals surface area (Å²) in [5, 5.41) is 1.10. The number of halogens is 3. The van der Waals surface area contributed by atoms with E-state index in [1.54, 1.807) is 24.3 Å². The van der Waals surface area contributed by atoms with Crippen LogP contribution in [-0.2, 0) is 6.61 Å². The van der Waals surface area contributed by atoms with Gasteiger partial charge in [0.2, 0.25) is 0 Å². The van der Waals surface area contributed by atoms with Gasteiger partial charge in [0, 0.05) is 27.2 Å². The minimum atomic E-state index is -0.425. The van der Waals surface area contributed by atoms with Crippen LogP contribution in [0.15, 0.2) is 36.4 Å². The average Bonchev–Trinajstić information content (AvgIpc) is 2.45. The highest BCUT2D eigenvalue weighted by Crippen LogP contribution is 2.23. The molecule has 0 radical (unpaired) electrons. The zero-order valence-corrected chi connectivity index (χ0v) is 12.5. The van der Waals surface area contributed by atoms with Gasteiger partial charge in [0.25, 0.3) is 0 Å². The average molecular weight is 324 g/mol. The van der Waals surface area contributed by atoms with Crippen molar-refractivity contribution >= 4 is 23.2 Å². The van der Waals surface area contributed by atoms with E-state index in [0.717, 1.165) is 5.56 Å². The van der Waals surface area contributed by atoms with Crippen molar-refractivity contribution in [3.8, 4) is 17.6 Å². The Morgan fingerprint density at radius 1 is 1.14 bits per heavy atom. The molecule has 0 aliphatic carbocycles. The summed E-state index contributed by atoms with van der Waals surface area (Å²) in [7, 11) is 0. The molecule has 2 rings (SSSR count). The third kappa shape index (κ3) is 4.64. The maximum atomic E-state index is 13.5. The predicted octanol–water partition coefficient (Wildman–Crippen LogP) is 4.02. The largest absolute Gasteiger partial charge is 0.489 e. The lowest BCUT2D eigenvalue weighted by atomic mass is 10.2. The van der Waals surface area contributed by atoms with E-state index in [0.29, 0.717) is 21.4 Å². The first-order valence-electron chi connectivity index (χ1n) is 6.15. The van der Waals surface area contributed by atoms with Gasteiger partial charge in [-0.05, 0) is 30.3 Å². The molecule has 0 fully saturated rings. The molecule has 2 nitrogen and oxygen atoms in total. The summed E-state index contributed by atoms with van der Waals surface area (Å²) >= 11 is 11.9. The van der Waals surface area contributed by atoms with E-state index in [2.05, 4.69) is 11.8 Å². The molecule has 0 heterocycles. The van der Waals surface area contributed by atoms with Crippen LogP contribution in [0.2, 0.25) is 10.0 Å². The van der Waals surface area contributed by atoms with Crippen molar-refractivity contribution in [2.45, 2.75) is 6.61 Å². The fourth-order valence-electron chi connectivity index (χ4n) is 1.69. The van der Waals surface area contributed by atoms with Crippen molar-refractivity contribution in [2.24, 2.45) is 5.73 Å². The summed E-state index contributed by atoms with van der Waals surface area (Å²) in [4.78, 5) is 0. The van der Waals surface area contributed by atoms with Gasteiger partial charge in [-0.25, -0.2) is 4.39 Å². The van der Waals surface area contributed by atoms with E-state index >= 15 is 0 Å². The van der Waals surface area contributed by atoms with Gasteiger partial charge in [0.1, 0.15) is 18.2 Å². The highest BCUT2D eigenvalue weighted by Gasteiger charge is 2.05. The van der Waals surface area contributed by atoms with Crippen LogP contribution in [0, 0.1) is 17.7 Å². The van der Waals surface area contributed by atoms with Gasteiger partial charge in [0.05, 0.1) is 6.54 Å². The summed E-state index contributed by atoms with van der Waals surface area (Å²) in [6.45, 7) is 0.400. The fraction of sp³-hybridized carbons (Fsp3) is 0.125. The lowest BCUT2D eigenvalue weighted by Gasteiger charge is -2.09. The van der Waals surface area contributed by atoms with E-state index in [1.807, 2.05) is 0 Å². The van der Waals surface area contributed by atoms with Gasteiger partial charge in [-0.2, -0.15) is 0 Å². The minimum Gasteiger partial charge on any atom is -0.489 e. The van der Waals surface area contributed by atoms with Crippen molar-refractivity contribution in [3.05, 3.63) is 63.4 Å². The molecule has 2 aromatic carbocycles. The second-order valence-electron chi connectivity index (χ2n) is 4.21. The molecule has 0 atom stereocenters. The lowest BCUT2D eigenvalue weighted by Crippen LogP contribution is -1.98. The van der Waals surface area contributed by atoms with Gasteiger partial charge in [-0.3, -0.25) is 0 Å². The molecule has 0 amide bonds. The van der Waals surface area contributed by atoms with E-state index in [-0.39, 0.29) is 13.2 Å². The second kappa shape index (κ2) is 7.33. The monoisotopic (exact) mass is 323 g/mol. The van der Waals surface area contributed by atoms with Crippen molar-refractivity contribution < 1.29 is 9.13 Å². The number of rotatable bonds is 3. The van der Waals surface area contributed by atoms with Gasteiger partial charge in [-0.15, -0.1) is 0 Å². The molecular formula is C16H12Cl2FNO. The molecule has 2 N–H and O–H groups in total. The topological polar surface area (TPSA) is 35.2 Å². The third-order valence-electron chi connectivity index (χ3n) is 2.61. The number of hydrogen-bond donors (Lipinski definition) is 1. The van der Waals surface area contributed by atoms with Gasteiger partial charge < -0.3 is 10.5 Å². The highest BCUT2D eigenvalue weighted by molar-refractivity contribution is 6.33. The van der Waals surface area contributed by atoms with Gasteiger partial charge >= 0.3 is 0 Å². The van der Waals surface area contributed by atoms with Crippen LogP contribution in [0.1, 0.15) is 11.1 Å². The first kappa shape index (κ1) is 15.7. The van der Waals surface area contributed by atoms with Gasteiger partial charge in [0.15, 0.2) is 0 Å². The molecular weight excluding hydrogens is 312 g/mol. The van der Waals surface area contributed by atoms with E-state index < -0.39 is 5.82 Å². The molecule has 0 spiro atoms. The lowest BCUT2D eigenvalue weighted by molar-refractivity contribution is 0.304. The molecule has 0 saturated carbocycles. The number of nitrogens with two attached hydrogens (primary N) is 1. The Hall–Kier alpha value is -1.73. The van der Waals surface area contributed by atoms with Gasteiger partial charge in [-0.1, -0.05) is 35.0 Å². The Morgan fingerprint density at radius 2 is 1.95 bits per heavy atom. The molecule has 0 saturated heterocycles. The maximum absolute atomic E-state index is 13.5. The van der Waals surface area contributed by atoms with Crippen LogP contribution in [-0.4, -0.2) is 6.54 Å². The highest BCUT2D eigenvalue weighted by atomic mass is 35.5. The summed E-state index contributed by atoms with van der Waals surface area (Å²) in [6, 6.07) is 9.33. The van der Waals surface area contributed by atoms with Crippen molar-refractivity contribution in [2.75, 3.05) is 6.54 Å². The minimum absolute atomic E-state index is 0.187. The Labute approximate surface area is 132 Å². The number of benzene rings is 2. The molecule has 2 aromatic rings. The Balaban J connectivity index is 2.16. The zero-order valence-electron chi connectivity index (χ0n) is 11.0. The van der Waals surface area contributed by atoms with Crippen molar-refractivity contribution in [1.29, 1.82) is 0 Å². The quantitative estimate of drug-likeness (QED) is 0.866. The molecule has 0 aliphatic rings.